The molecule has 0 fully saturated rings. The van der Waals surface area contributed by atoms with Crippen LogP contribution >= 0.6 is 15.6 Å². The molecular weight excluding hydrogens is 598 g/mol. The molecule has 0 saturated heterocycles. The van der Waals surface area contributed by atoms with E-state index in [-0.39, 0.29) is 37.9 Å². The second kappa shape index (κ2) is 15.6. The highest BCUT2D eigenvalue weighted by molar-refractivity contribution is 7.49. The SMILES string of the molecule is O=P(OCc1ccccc1)(OCc1ccccc1)Oc1cccc(OP(=O)(OCc2ccccc2)OCc2ccccc2)c1. The maximum atomic E-state index is 13.8. The molecule has 5 aromatic rings. The molecule has 0 aliphatic heterocycles. The molecule has 0 bridgehead atoms. The van der Waals surface area contributed by atoms with E-state index >= 15 is 0 Å². The molecule has 0 saturated carbocycles. The van der Waals surface area contributed by atoms with Crippen LogP contribution < -0.4 is 9.05 Å². The van der Waals surface area contributed by atoms with Crippen molar-refractivity contribution in [2.45, 2.75) is 26.4 Å². The number of benzene rings is 5. The second-order valence-electron chi connectivity index (χ2n) is 9.59. The van der Waals surface area contributed by atoms with Gasteiger partial charge in [-0.3, -0.25) is 18.1 Å². The van der Waals surface area contributed by atoms with Gasteiger partial charge in [0.25, 0.3) is 0 Å². The van der Waals surface area contributed by atoms with Crippen molar-refractivity contribution in [3.63, 3.8) is 0 Å². The first-order valence-electron chi connectivity index (χ1n) is 13.9. The van der Waals surface area contributed by atoms with Crippen LogP contribution in [0.2, 0.25) is 0 Å². The second-order valence-corrected chi connectivity index (χ2v) is 12.8. The normalized spacial score (nSPS) is 11.6. The van der Waals surface area contributed by atoms with Crippen molar-refractivity contribution in [2.75, 3.05) is 0 Å². The fourth-order valence-electron chi connectivity index (χ4n) is 3.94. The maximum Gasteiger partial charge on any atom is 0.530 e. The quantitative estimate of drug-likeness (QED) is 0.0996. The fourth-order valence-corrected chi connectivity index (χ4v) is 6.27. The Hall–Kier alpha value is -4.00. The lowest BCUT2D eigenvalue weighted by Gasteiger charge is -2.21. The third-order valence-corrected chi connectivity index (χ3v) is 8.82. The van der Waals surface area contributed by atoms with Gasteiger partial charge in [0.2, 0.25) is 0 Å². The van der Waals surface area contributed by atoms with Crippen LogP contribution in [0.5, 0.6) is 11.5 Å². The average Bonchev–Trinajstić information content (AvgIpc) is 3.07. The van der Waals surface area contributed by atoms with E-state index in [4.69, 9.17) is 27.1 Å². The van der Waals surface area contributed by atoms with Crippen LogP contribution in [-0.4, -0.2) is 0 Å². The smallest absolute Gasteiger partial charge is 0.404 e. The van der Waals surface area contributed by atoms with E-state index in [0.717, 1.165) is 22.3 Å². The summed E-state index contributed by atoms with van der Waals surface area (Å²) in [5.74, 6) is 0.231. The Kier molecular flexibility index (Phi) is 11.2. The number of phosphoric ester groups is 2. The van der Waals surface area contributed by atoms with Crippen LogP contribution in [0.1, 0.15) is 22.3 Å². The monoisotopic (exact) mass is 630 g/mol. The molecule has 0 aliphatic rings. The zero-order chi connectivity index (χ0) is 30.5. The molecule has 0 heterocycles. The third kappa shape index (κ3) is 10.0. The number of phosphoric acid groups is 2. The predicted octanol–water partition coefficient (Wildman–Crippen LogP) is 9.53. The topological polar surface area (TPSA) is 89.5 Å². The van der Waals surface area contributed by atoms with Crippen LogP contribution in [-0.2, 0) is 53.7 Å². The summed E-state index contributed by atoms with van der Waals surface area (Å²) in [7, 11) is -8.27. The highest BCUT2D eigenvalue weighted by atomic mass is 31.2. The van der Waals surface area contributed by atoms with Crippen LogP contribution in [0.4, 0.5) is 0 Å². The van der Waals surface area contributed by atoms with Gasteiger partial charge in [0.1, 0.15) is 11.5 Å². The van der Waals surface area contributed by atoms with E-state index in [1.807, 2.05) is 121 Å². The molecule has 5 aromatic carbocycles. The molecule has 0 atom stereocenters. The van der Waals surface area contributed by atoms with Crippen LogP contribution in [0.25, 0.3) is 0 Å². The van der Waals surface area contributed by atoms with Crippen molar-refractivity contribution in [1.82, 2.24) is 0 Å². The van der Waals surface area contributed by atoms with Gasteiger partial charge in [0.15, 0.2) is 0 Å². The van der Waals surface area contributed by atoms with Crippen LogP contribution in [0.3, 0.4) is 0 Å². The van der Waals surface area contributed by atoms with Gasteiger partial charge in [-0.1, -0.05) is 127 Å². The summed E-state index contributed by atoms with van der Waals surface area (Å²) in [6, 6.07) is 43.3. The Morgan fingerprint density at radius 2 is 0.636 bits per heavy atom. The molecule has 0 aromatic heterocycles. The van der Waals surface area contributed by atoms with Gasteiger partial charge >= 0.3 is 15.6 Å². The van der Waals surface area contributed by atoms with Gasteiger partial charge in [-0.05, 0) is 34.4 Å². The van der Waals surface area contributed by atoms with E-state index in [1.54, 1.807) is 18.2 Å². The summed E-state index contributed by atoms with van der Waals surface area (Å²) < 4.78 is 62.2. The van der Waals surface area contributed by atoms with Gasteiger partial charge in [-0.15, -0.1) is 0 Å². The first-order chi connectivity index (χ1) is 21.5. The largest absolute Gasteiger partial charge is 0.530 e. The van der Waals surface area contributed by atoms with Gasteiger partial charge < -0.3 is 9.05 Å². The maximum absolute atomic E-state index is 13.8. The Balaban J connectivity index is 1.32. The molecule has 0 N–H and O–H groups in total. The van der Waals surface area contributed by atoms with Crippen molar-refractivity contribution in [3.05, 3.63) is 168 Å². The zero-order valence-corrected chi connectivity index (χ0v) is 25.6. The van der Waals surface area contributed by atoms with E-state index in [9.17, 15) is 9.13 Å². The lowest BCUT2D eigenvalue weighted by molar-refractivity contribution is 0.142. The average molecular weight is 631 g/mol. The summed E-state index contributed by atoms with van der Waals surface area (Å²) in [5.41, 5.74) is 3.18. The number of hydrogen-bond acceptors (Lipinski definition) is 8. The standard InChI is InChI=1S/C34H32O8P2/c35-43(37-25-29-14-5-1-6-15-29,38-26-30-16-7-2-8-17-30)41-33-22-13-23-34(24-33)42-44(36,39-27-31-18-9-3-10-19-31)40-28-32-20-11-4-12-21-32/h1-24H,25-28H2. The van der Waals surface area contributed by atoms with Crippen molar-refractivity contribution >= 4 is 15.6 Å². The Morgan fingerprint density at radius 3 is 0.909 bits per heavy atom. The highest BCUT2D eigenvalue weighted by Gasteiger charge is 2.32. The number of hydrogen-bond donors (Lipinski definition) is 0. The van der Waals surface area contributed by atoms with E-state index in [0.29, 0.717) is 0 Å². The first-order valence-corrected chi connectivity index (χ1v) is 16.8. The molecule has 0 radical (unpaired) electrons. The minimum Gasteiger partial charge on any atom is -0.404 e. The summed E-state index contributed by atoms with van der Waals surface area (Å²) in [4.78, 5) is 0. The van der Waals surface area contributed by atoms with Crippen LogP contribution in [0.15, 0.2) is 146 Å². The van der Waals surface area contributed by atoms with Gasteiger partial charge in [-0.2, -0.15) is 0 Å². The molecule has 0 spiro atoms. The molecule has 8 nitrogen and oxygen atoms in total. The third-order valence-electron chi connectivity index (χ3n) is 6.17. The molecule has 0 amide bonds. The molecule has 44 heavy (non-hydrogen) atoms. The Labute approximate surface area is 257 Å². The zero-order valence-electron chi connectivity index (χ0n) is 23.8. The molecule has 10 heteroatoms. The molecule has 226 valence electrons. The highest BCUT2D eigenvalue weighted by Crippen LogP contribution is 2.54. The summed E-state index contributed by atoms with van der Waals surface area (Å²) >= 11 is 0. The summed E-state index contributed by atoms with van der Waals surface area (Å²) in [5, 5.41) is 0. The van der Waals surface area contributed by atoms with E-state index in [1.165, 1.54) is 6.07 Å². The van der Waals surface area contributed by atoms with Crippen molar-refractivity contribution in [1.29, 1.82) is 0 Å². The predicted molar refractivity (Wildman–Crippen MR) is 168 cm³/mol. The lowest BCUT2D eigenvalue weighted by Crippen LogP contribution is -2.05. The molecule has 0 unspecified atom stereocenters. The minimum atomic E-state index is -4.14. The minimum absolute atomic E-state index is 0.00104. The molecule has 5 rings (SSSR count). The van der Waals surface area contributed by atoms with Gasteiger partial charge in [0.05, 0.1) is 26.4 Å². The van der Waals surface area contributed by atoms with E-state index in [2.05, 4.69) is 0 Å². The number of rotatable bonds is 16. The first kappa shape index (κ1) is 31.4. The van der Waals surface area contributed by atoms with Crippen molar-refractivity contribution < 1.29 is 36.3 Å². The Bertz CT molecular complexity index is 1450. The van der Waals surface area contributed by atoms with E-state index < -0.39 is 15.6 Å². The lowest BCUT2D eigenvalue weighted by atomic mass is 10.2. The van der Waals surface area contributed by atoms with Gasteiger partial charge in [-0.25, -0.2) is 9.13 Å². The fraction of sp³-hybridized carbons (Fsp3) is 0.118. The molecular formula is C34H32O8P2. The summed E-state index contributed by atoms with van der Waals surface area (Å²) in [6.45, 7) is -0.00416. The summed E-state index contributed by atoms with van der Waals surface area (Å²) in [6.07, 6.45) is 0. The Morgan fingerprint density at radius 1 is 0.364 bits per heavy atom. The van der Waals surface area contributed by atoms with Gasteiger partial charge in [0, 0.05) is 6.07 Å². The molecule has 0 aliphatic carbocycles. The van der Waals surface area contributed by atoms with Crippen molar-refractivity contribution in [2.24, 2.45) is 0 Å². The van der Waals surface area contributed by atoms with Crippen molar-refractivity contribution in [3.8, 4) is 11.5 Å². The van der Waals surface area contributed by atoms with Crippen LogP contribution in [0, 0.1) is 0 Å².